The Labute approximate surface area is 165 Å². The molecule has 0 saturated carbocycles. The van der Waals surface area contributed by atoms with Gasteiger partial charge in [-0.2, -0.15) is 0 Å². The lowest BCUT2D eigenvalue weighted by Gasteiger charge is -2.13. The Hall–Kier alpha value is -3.40. The van der Waals surface area contributed by atoms with E-state index in [0.717, 1.165) is 33.7 Å². The predicted molar refractivity (Wildman–Crippen MR) is 115 cm³/mol. The summed E-state index contributed by atoms with van der Waals surface area (Å²) in [6.07, 6.45) is 0.154. The lowest BCUT2D eigenvalue weighted by atomic mass is 10.1. The molecule has 4 aromatic rings. The Morgan fingerprint density at radius 2 is 1.64 bits per heavy atom. The average Bonchev–Trinajstić information content (AvgIpc) is 2.69. The van der Waals surface area contributed by atoms with Gasteiger partial charge in [-0.1, -0.05) is 35.9 Å². The van der Waals surface area contributed by atoms with E-state index in [9.17, 15) is 0 Å². The smallest absolute Gasteiger partial charge is 0.162 e. The minimum atomic E-state index is 0.154. The van der Waals surface area contributed by atoms with E-state index in [2.05, 4.69) is 24.4 Å². The van der Waals surface area contributed by atoms with Gasteiger partial charge in [0.15, 0.2) is 5.82 Å². The third kappa shape index (κ3) is 3.96. The minimum Gasteiger partial charge on any atom is -0.491 e. The molecule has 140 valence electrons. The molecule has 0 amide bonds. The molecule has 4 nitrogen and oxygen atoms in total. The second-order valence-electron chi connectivity index (χ2n) is 7.10. The molecule has 4 heteroatoms. The highest BCUT2D eigenvalue weighted by molar-refractivity contribution is 5.92. The van der Waals surface area contributed by atoms with Gasteiger partial charge in [0.25, 0.3) is 0 Å². The van der Waals surface area contributed by atoms with Crippen LogP contribution in [0, 0.1) is 6.92 Å². The van der Waals surface area contributed by atoms with E-state index in [1.165, 1.54) is 5.56 Å². The molecule has 0 aliphatic heterocycles. The largest absolute Gasteiger partial charge is 0.491 e. The van der Waals surface area contributed by atoms with Gasteiger partial charge in [0.1, 0.15) is 11.6 Å². The number of fused-ring (bicyclic) bond motifs is 1. The molecule has 28 heavy (non-hydrogen) atoms. The van der Waals surface area contributed by atoms with E-state index in [-0.39, 0.29) is 6.10 Å². The normalized spacial score (nSPS) is 11.0. The fourth-order valence-corrected chi connectivity index (χ4v) is 3.11. The summed E-state index contributed by atoms with van der Waals surface area (Å²) in [7, 11) is 0. The fourth-order valence-electron chi connectivity index (χ4n) is 3.11. The van der Waals surface area contributed by atoms with Crippen molar-refractivity contribution < 1.29 is 4.74 Å². The van der Waals surface area contributed by atoms with Crippen LogP contribution in [0.25, 0.3) is 22.3 Å². The zero-order chi connectivity index (χ0) is 19.5. The maximum Gasteiger partial charge on any atom is 0.162 e. The van der Waals surface area contributed by atoms with Crippen LogP contribution in [-0.2, 0) is 0 Å². The summed E-state index contributed by atoms with van der Waals surface area (Å²) in [4.78, 5) is 9.59. The highest BCUT2D eigenvalue weighted by atomic mass is 16.5. The van der Waals surface area contributed by atoms with Gasteiger partial charge < -0.3 is 10.1 Å². The van der Waals surface area contributed by atoms with Gasteiger partial charge in [-0.15, -0.1) is 0 Å². The summed E-state index contributed by atoms with van der Waals surface area (Å²) in [5, 5.41) is 4.43. The molecule has 1 N–H and O–H groups in total. The van der Waals surface area contributed by atoms with Crippen LogP contribution in [-0.4, -0.2) is 16.1 Å². The standard InChI is InChI=1S/C24H23N3O/c1-16(2)28-20-13-11-19(12-14-20)25-24-21-9-4-5-10-22(21)26-23(27-24)18-8-6-7-17(3)15-18/h4-16H,1-3H3,(H,25,26,27). The second kappa shape index (κ2) is 7.69. The maximum absolute atomic E-state index is 5.72. The quantitative estimate of drug-likeness (QED) is 0.459. The molecule has 0 radical (unpaired) electrons. The van der Waals surface area contributed by atoms with Crippen molar-refractivity contribution in [1.29, 1.82) is 0 Å². The van der Waals surface area contributed by atoms with Gasteiger partial charge in [-0.05, 0) is 63.2 Å². The van der Waals surface area contributed by atoms with E-state index in [1.54, 1.807) is 0 Å². The van der Waals surface area contributed by atoms with Crippen LogP contribution >= 0.6 is 0 Å². The van der Waals surface area contributed by atoms with Crippen LogP contribution in [0.5, 0.6) is 5.75 Å². The molecule has 1 heterocycles. The summed E-state index contributed by atoms with van der Waals surface area (Å²) in [5.74, 6) is 2.36. The van der Waals surface area contributed by atoms with Crippen molar-refractivity contribution >= 4 is 22.4 Å². The second-order valence-corrected chi connectivity index (χ2v) is 7.10. The molecular formula is C24H23N3O. The first-order chi connectivity index (χ1) is 13.6. The van der Waals surface area contributed by atoms with Crippen LogP contribution in [0.15, 0.2) is 72.8 Å². The van der Waals surface area contributed by atoms with Crippen molar-refractivity contribution in [3.63, 3.8) is 0 Å². The number of anilines is 2. The summed E-state index contributed by atoms with van der Waals surface area (Å²) < 4.78 is 5.72. The Morgan fingerprint density at radius 1 is 0.857 bits per heavy atom. The van der Waals surface area contributed by atoms with Crippen LogP contribution in [0.3, 0.4) is 0 Å². The highest BCUT2D eigenvalue weighted by Crippen LogP contribution is 2.28. The van der Waals surface area contributed by atoms with Crippen LogP contribution in [0.4, 0.5) is 11.5 Å². The number of para-hydroxylation sites is 1. The molecule has 0 aliphatic carbocycles. The zero-order valence-corrected chi connectivity index (χ0v) is 16.3. The van der Waals surface area contributed by atoms with E-state index in [4.69, 9.17) is 14.7 Å². The van der Waals surface area contributed by atoms with Crippen LogP contribution in [0.1, 0.15) is 19.4 Å². The fraction of sp³-hybridized carbons (Fsp3) is 0.167. The van der Waals surface area contributed by atoms with Crippen LogP contribution in [0.2, 0.25) is 0 Å². The monoisotopic (exact) mass is 369 g/mol. The van der Waals surface area contributed by atoms with Crippen molar-refractivity contribution in [2.24, 2.45) is 0 Å². The number of ether oxygens (including phenoxy) is 1. The average molecular weight is 369 g/mol. The van der Waals surface area contributed by atoms with Crippen molar-refractivity contribution in [1.82, 2.24) is 9.97 Å². The molecule has 1 aromatic heterocycles. The molecule has 0 bridgehead atoms. The predicted octanol–water partition coefficient (Wildman–Crippen LogP) is 6.14. The first-order valence-corrected chi connectivity index (χ1v) is 9.46. The minimum absolute atomic E-state index is 0.154. The van der Waals surface area contributed by atoms with Crippen molar-refractivity contribution in [3.8, 4) is 17.1 Å². The molecule has 0 unspecified atom stereocenters. The van der Waals surface area contributed by atoms with E-state index in [1.807, 2.05) is 74.5 Å². The molecular weight excluding hydrogens is 346 g/mol. The van der Waals surface area contributed by atoms with E-state index >= 15 is 0 Å². The Bertz CT molecular complexity index is 1100. The number of nitrogens with zero attached hydrogens (tertiary/aromatic N) is 2. The van der Waals surface area contributed by atoms with Crippen LogP contribution < -0.4 is 10.1 Å². The molecule has 4 rings (SSSR count). The molecule has 3 aromatic carbocycles. The summed E-state index contributed by atoms with van der Waals surface area (Å²) >= 11 is 0. The first kappa shape index (κ1) is 18.0. The lowest BCUT2D eigenvalue weighted by molar-refractivity contribution is 0.242. The van der Waals surface area contributed by atoms with Gasteiger partial charge in [0.05, 0.1) is 11.6 Å². The number of benzene rings is 3. The van der Waals surface area contributed by atoms with Crippen molar-refractivity contribution in [3.05, 3.63) is 78.4 Å². The highest BCUT2D eigenvalue weighted by Gasteiger charge is 2.10. The number of rotatable bonds is 5. The topological polar surface area (TPSA) is 47.0 Å². The zero-order valence-electron chi connectivity index (χ0n) is 16.3. The van der Waals surface area contributed by atoms with Gasteiger partial charge in [-0.25, -0.2) is 9.97 Å². The van der Waals surface area contributed by atoms with Gasteiger partial charge in [0, 0.05) is 16.6 Å². The molecule has 0 spiro atoms. The molecule has 0 fully saturated rings. The third-order valence-electron chi connectivity index (χ3n) is 4.37. The SMILES string of the molecule is Cc1cccc(-c2nc(Nc3ccc(OC(C)C)cc3)c3ccccc3n2)c1. The number of hydrogen-bond acceptors (Lipinski definition) is 4. The number of aromatic nitrogens is 2. The van der Waals surface area contributed by atoms with Gasteiger partial charge >= 0.3 is 0 Å². The third-order valence-corrected chi connectivity index (χ3v) is 4.37. The summed E-state index contributed by atoms with van der Waals surface area (Å²) in [6, 6.07) is 24.2. The van der Waals surface area contributed by atoms with E-state index < -0.39 is 0 Å². The van der Waals surface area contributed by atoms with E-state index in [0.29, 0.717) is 5.82 Å². The van der Waals surface area contributed by atoms with Crippen molar-refractivity contribution in [2.45, 2.75) is 26.9 Å². The Balaban J connectivity index is 1.73. The molecule has 0 atom stereocenters. The summed E-state index contributed by atoms with van der Waals surface area (Å²) in [6.45, 7) is 6.11. The Kier molecular flexibility index (Phi) is 4.94. The molecule has 0 aliphatic rings. The van der Waals surface area contributed by atoms with Crippen molar-refractivity contribution in [2.75, 3.05) is 5.32 Å². The van der Waals surface area contributed by atoms with Gasteiger partial charge in [0.2, 0.25) is 0 Å². The number of aryl methyl sites for hydroxylation is 1. The first-order valence-electron chi connectivity index (χ1n) is 9.46. The number of hydrogen-bond donors (Lipinski definition) is 1. The molecule has 0 saturated heterocycles. The maximum atomic E-state index is 5.72. The Morgan fingerprint density at radius 3 is 2.39 bits per heavy atom. The number of nitrogens with one attached hydrogen (secondary N) is 1. The van der Waals surface area contributed by atoms with Gasteiger partial charge in [-0.3, -0.25) is 0 Å². The lowest BCUT2D eigenvalue weighted by Crippen LogP contribution is -2.05. The summed E-state index contributed by atoms with van der Waals surface area (Å²) in [5.41, 5.74) is 4.06.